The maximum atomic E-state index is 14.3. The zero-order valence-corrected chi connectivity index (χ0v) is 30.8. The number of urea groups is 1. The first kappa shape index (κ1) is 39.5. The van der Waals surface area contributed by atoms with Gasteiger partial charge in [-0.05, 0) is 47.8 Å². The summed E-state index contributed by atoms with van der Waals surface area (Å²) in [6, 6.07) is 11.9. The Morgan fingerprint density at radius 2 is 1.52 bits per heavy atom. The Hall–Kier alpha value is -4.89. The number of carbonyl (C=O) groups excluding carboxylic acids is 6. The van der Waals surface area contributed by atoms with E-state index in [9.17, 15) is 28.8 Å². The topological polar surface area (TPSA) is 193 Å². The number of nitrogens with two attached hydrogens (primary N) is 1. The number of fused-ring (bicyclic) bond motifs is 1. The number of hydrogen-bond acceptors (Lipinski definition) is 8. The normalized spacial score (nSPS) is 15.6. The fourth-order valence-electron chi connectivity index (χ4n) is 6.73. The fourth-order valence-corrected chi connectivity index (χ4v) is 12.1. The van der Waals surface area contributed by atoms with E-state index >= 15 is 0 Å². The lowest BCUT2D eigenvalue weighted by Gasteiger charge is -2.42. The van der Waals surface area contributed by atoms with Gasteiger partial charge >= 0.3 is 6.03 Å². The number of amides is 6. The number of hydrogen-bond donors (Lipinski definition) is 4. The molecule has 0 fully saturated rings. The predicted octanol–water partition coefficient (Wildman–Crippen LogP) is 3.47. The minimum absolute atomic E-state index is 0.147. The summed E-state index contributed by atoms with van der Waals surface area (Å²) in [6.07, 6.45) is 1.01. The molecular weight excluding hydrogens is 659 g/mol. The second-order valence-corrected chi connectivity index (χ2v) is 18.7. The zero-order valence-electron chi connectivity index (χ0n) is 29.8. The standard InChI is InChI=1S/C35H49N7O7Si/c1-22(2)50(23(3)4,24(5)6)49-21-32(45)41-19-28(39-33(46)26-13-9-8-10-14-26)34(47)42(30-16-12-11-15-29(30)41)20-31(44)38-27(17-25(7)43)18-37-40-35(36)48/h8-16,18,22-24,27-28H,17,19-21H2,1-7H3,(H,38,44)(H,39,46)(H3,36,40,48)/b37-18-/t27-,28-/m0/s1. The number of primary amides is 1. The van der Waals surface area contributed by atoms with Crippen molar-refractivity contribution < 1.29 is 33.2 Å². The van der Waals surface area contributed by atoms with Crippen LogP contribution in [0, 0.1) is 0 Å². The van der Waals surface area contributed by atoms with Crippen molar-refractivity contribution >= 4 is 61.3 Å². The smallest absolute Gasteiger partial charge is 0.332 e. The summed E-state index contributed by atoms with van der Waals surface area (Å²) >= 11 is 0. The summed E-state index contributed by atoms with van der Waals surface area (Å²) in [5.41, 5.74) is 8.68. The summed E-state index contributed by atoms with van der Waals surface area (Å²) in [5, 5.41) is 9.08. The van der Waals surface area contributed by atoms with E-state index < -0.39 is 56.6 Å². The van der Waals surface area contributed by atoms with Gasteiger partial charge in [-0.25, -0.2) is 10.2 Å². The highest BCUT2D eigenvalue weighted by Gasteiger charge is 2.46. The second-order valence-electron chi connectivity index (χ2n) is 13.3. The molecule has 0 radical (unpaired) electrons. The molecule has 0 aliphatic carbocycles. The monoisotopic (exact) mass is 707 g/mol. The third-order valence-corrected chi connectivity index (χ3v) is 14.8. The third kappa shape index (κ3) is 9.85. The molecule has 6 amide bonds. The molecule has 1 aliphatic rings. The second kappa shape index (κ2) is 17.7. The molecule has 0 spiro atoms. The van der Waals surface area contributed by atoms with Crippen LogP contribution in [0.2, 0.25) is 16.6 Å². The third-order valence-electron chi connectivity index (χ3n) is 8.77. The number of ketones is 1. The summed E-state index contributed by atoms with van der Waals surface area (Å²) < 4.78 is 6.63. The molecule has 15 heteroatoms. The number of hydrazone groups is 1. The van der Waals surface area contributed by atoms with E-state index in [2.05, 4.69) is 57.3 Å². The van der Waals surface area contributed by atoms with Gasteiger partial charge in [0, 0.05) is 18.2 Å². The van der Waals surface area contributed by atoms with Crippen molar-refractivity contribution in [3.05, 3.63) is 60.2 Å². The van der Waals surface area contributed by atoms with Crippen LogP contribution in [-0.2, 0) is 23.6 Å². The molecule has 2 aromatic carbocycles. The first-order valence-electron chi connectivity index (χ1n) is 16.7. The van der Waals surface area contributed by atoms with Gasteiger partial charge in [-0.2, -0.15) is 5.10 Å². The SMILES string of the molecule is CC(=O)C[C@@H](/C=N\NC(N)=O)NC(=O)CN1C(=O)[C@@H](NC(=O)c2ccccc2)CN(C(=O)CO[Si](C(C)C)(C(C)C)C(C)C)c2ccccc21. The summed E-state index contributed by atoms with van der Waals surface area (Å²) in [6.45, 7) is 13.1. The van der Waals surface area contributed by atoms with Crippen LogP contribution in [0.3, 0.4) is 0 Å². The Kier molecular flexibility index (Phi) is 14.0. The summed E-state index contributed by atoms with van der Waals surface area (Å²) in [7, 11) is -2.45. The summed E-state index contributed by atoms with van der Waals surface area (Å²) in [5.74, 6) is -2.49. The zero-order chi connectivity index (χ0) is 37.2. The molecule has 50 heavy (non-hydrogen) atoms. The van der Waals surface area contributed by atoms with Crippen molar-refractivity contribution in [1.82, 2.24) is 16.1 Å². The lowest BCUT2D eigenvalue weighted by Crippen LogP contribution is -2.55. The van der Waals surface area contributed by atoms with Crippen molar-refractivity contribution in [2.45, 2.75) is 83.6 Å². The minimum Gasteiger partial charge on any atom is -0.407 e. The number of nitrogens with one attached hydrogen (secondary N) is 3. The van der Waals surface area contributed by atoms with E-state index in [1.807, 2.05) is 5.43 Å². The first-order valence-corrected chi connectivity index (χ1v) is 18.8. The van der Waals surface area contributed by atoms with Crippen LogP contribution >= 0.6 is 0 Å². The average Bonchev–Trinajstić information content (AvgIpc) is 3.15. The van der Waals surface area contributed by atoms with Gasteiger partial charge in [-0.1, -0.05) is 71.9 Å². The number of benzene rings is 2. The van der Waals surface area contributed by atoms with E-state index in [1.165, 1.54) is 16.7 Å². The molecular formula is C35H49N7O7Si. The molecule has 3 rings (SSSR count). The number of nitrogens with zero attached hydrogens (tertiary/aromatic N) is 3. The minimum atomic E-state index is -2.45. The highest BCUT2D eigenvalue weighted by atomic mass is 28.4. The highest BCUT2D eigenvalue weighted by molar-refractivity contribution is 6.77. The summed E-state index contributed by atoms with van der Waals surface area (Å²) in [4.78, 5) is 80.9. The number of anilines is 2. The number of carbonyl (C=O) groups is 6. The maximum absolute atomic E-state index is 14.3. The van der Waals surface area contributed by atoms with Gasteiger partial charge in [-0.3, -0.25) is 28.9 Å². The Morgan fingerprint density at radius 3 is 2.08 bits per heavy atom. The lowest BCUT2D eigenvalue weighted by molar-refractivity contribution is -0.125. The van der Waals surface area contributed by atoms with Gasteiger partial charge in [0.1, 0.15) is 25.0 Å². The van der Waals surface area contributed by atoms with Gasteiger partial charge in [-0.15, -0.1) is 0 Å². The lowest BCUT2D eigenvalue weighted by atomic mass is 10.1. The van der Waals surface area contributed by atoms with Crippen molar-refractivity contribution in [2.75, 3.05) is 29.5 Å². The van der Waals surface area contributed by atoms with Gasteiger partial charge in [0.05, 0.1) is 24.0 Å². The van der Waals surface area contributed by atoms with Crippen LogP contribution in [-0.4, -0.2) is 81.8 Å². The number of para-hydroxylation sites is 2. The molecule has 0 saturated heterocycles. The molecule has 14 nitrogen and oxygen atoms in total. The van der Waals surface area contributed by atoms with Gasteiger partial charge in [0.15, 0.2) is 0 Å². The molecule has 5 N–H and O–H groups in total. The maximum Gasteiger partial charge on any atom is 0.332 e. The molecule has 0 saturated carbocycles. The average molecular weight is 708 g/mol. The fraction of sp³-hybridized carbons (Fsp3) is 0.457. The van der Waals surface area contributed by atoms with E-state index in [0.717, 1.165) is 6.21 Å². The number of Topliss-reactive ketones (excluding diaryl/α,β-unsaturated/α-hetero) is 1. The van der Waals surface area contributed by atoms with E-state index in [1.54, 1.807) is 54.6 Å². The van der Waals surface area contributed by atoms with Gasteiger partial charge in [0.2, 0.25) is 14.2 Å². The molecule has 2 aromatic rings. The largest absolute Gasteiger partial charge is 0.407 e. The van der Waals surface area contributed by atoms with Crippen LogP contribution in [0.25, 0.3) is 0 Å². The molecule has 270 valence electrons. The Labute approximate surface area is 294 Å². The molecule has 2 atom stereocenters. The van der Waals surface area contributed by atoms with Crippen molar-refractivity contribution in [3.8, 4) is 0 Å². The first-order chi connectivity index (χ1) is 23.6. The highest BCUT2D eigenvalue weighted by Crippen LogP contribution is 2.42. The van der Waals surface area contributed by atoms with Crippen LogP contribution in [0.1, 0.15) is 65.2 Å². The van der Waals surface area contributed by atoms with Gasteiger partial charge in [0.25, 0.3) is 17.7 Å². The van der Waals surface area contributed by atoms with Crippen molar-refractivity contribution in [2.24, 2.45) is 10.8 Å². The van der Waals surface area contributed by atoms with E-state index in [-0.39, 0.29) is 47.7 Å². The Balaban J connectivity index is 2.02. The van der Waals surface area contributed by atoms with Crippen LogP contribution < -0.4 is 31.6 Å². The Bertz CT molecular complexity index is 1560. The van der Waals surface area contributed by atoms with Crippen LogP contribution in [0.15, 0.2) is 59.7 Å². The van der Waals surface area contributed by atoms with Crippen LogP contribution in [0.5, 0.6) is 0 Å². The number of rotatable bonds is 15. The Morgan fingerprint density at radius 1 is 0.940 bits per heavy atom. The molecule has 0 aromatic heterocycles. The van der Waals surface area contributed by atoms with E-state index in [0.29, 0.717) is 11.3 Å². The molecule has 0 bridgehead atoms. The predicted molar refractivity (Wildman–Crippen MR) is 194 cm³/mol. The van der Waals surface area contributed by atoms with E-state index in [4.69, 9.17) is 10.2 Å². The molecule has 0 unspecified atom stereocenters. The van der Waals surface area contributed by atoms with Crippen molar-refractivity contribution in [1.29, 1.82) is 0 Å². The van der Waals surface area contributed by atoms with Gasteiger partial charge < -0.3 is 25.7 Å². The van der Waals surface area contributed by atoms with Crippen LogP contribution in [0.4, 0.5) is 16.2 Å². The molecule has 1 heterocycles. The van der Waals surface area contributed by atoms with Crippen molar-refractivity contribution in [3.63, 3.8) is 0 Å². The molecule has 1 aliphatic heterocycles. The quantitative estimate of drug-likeness (QED) is 0.124.